The van der Waals surface area contributed by atoms with Crippen LogP contribution in [0.3, 0.4) is 0 Å². The molecule has 1 nitrogen and oxygen atoms in total. The SMILES string of the molecule is C=CC1=Cc2c(O)cccc2C1(CCCC)CCCC. The predicted octanol–water partition coefficient (Wildman–Crippen LogP) is 5.59. The van der Waals surface area contributed by atoms with Crippen LogP contribution in [0.15, 0.2) is 36.4 Å². The maximum absolute atomic E-state index is 10.1. The molecule has 0 spiro atoms. The van der Waals surface area contributed by atoms with Crippen molar-refractivity contribution < 1.29 is 5.11 Å². The van der Waals surface area contributed by atoms with Gasteiger partial charge in [-0.25, -0.2) is 0 Å². The Kier molecular flexibility index (Phi) is 4.69. The van der Waals surface area contributed by atoms with Crippen molar-refractivity contribution in [3.8, 4) is 5.75 Å². The molecule has 0 atom stereocenters. The van der Waals surface area contributed by atoms with E-state index in [9.17, 15) is 5.11 Å². The average Bonchev–Trinajstić information content (AvgIpc) is 2.79. The molecule has 108 valence electrons. The number of phenols is 1. The van der Waals surface area contributed by atoms with E-state index >= 15 is 0 Å². The molecule has 1 aromatic rings. The van der Waals surface area contributed by atoms with Gasteiger partial charge < -0.3 is 5.11 Å². The number of fused-ring (bicyclic) bond motifs is 1. The summed E-state index contributed by atoms with van der Waals surface area (Å²) in [5, 5.41) is 10.1. The standard InChI is InChI=1S/C19H26O/c1-4-7-12-19(13-8-5-2)15(6-3)14-16-17(19)10-9-11-18(16)20/h6,9-11,14,20H,3-5,7-8,12-13H2,1-2H3. The zero-order chi connectivity index (χ0) is 14.6. The Hall–Kier alpha value is -1.50. The zero-order valence-corrected chi connectivity index (χ0v) is 12.8. The number of unbranched alkanes of at least 4 members (excludes halogenated alkanes) is 2. The number of aromatic hydroxyl groups is 1. The smallest absolute Gasteiger partial charge is 0.123 e. The van der Waals surface area contributed by atoms with E-state index in [0.29, 0.717) is 5.75 Å². The molecule has 20 heavy (non-hydrogen) atoms. The fraction of sp³-hybridized carbons (Fsp3) is 0.474. The first-order chi connectivity index (χ1) is 9.69. The largest absolute Gasteiger partial charge is 0.507 e. The van der Waals surface area contributed by atoms with Crippen LogP contribution in [0.5, 0.6) is 5.75 Å². The van der Waals surface area contributed by atoms with Gasteiger partial charge in [0.1, 0.15) is 5.75 Å². The average molecular weight is 270 g/mol. The van der Waals surface area contributed by atoms with Crippen molar-refractivity contribution in [1.82, 2.24) is 0 Å². The van der Waals surface area contributed by atoms with Crippen LogP contribution in [0, 0.1) is 0 Å². The molecule has 1 aliphatic carbocycles. The van der Waals surface area contributed by atoms with Crippen LogP contribution in [0.2, 0.25) is 0 Å². The summed E-state index contributed by atoms with van der Waals surface area (Å²) in [6.07, 6.45) is 11.3. The Morgan fingerprint density at radius 3 is 2.35 bits per heavy atom. The van der Waals surface area contributed by atoms with Crippen LogP contribution in [0.4, 0.5) is 0 Å². The monoisotopic (exact) mass is 270 g/mol. The van der Waals surface area contributed by atoms with Gasteiger partial charge >= 0.3 is 0 Å². The minimum atomic E-state index is 0.0713. The summed E-state index contributed by atoms with van der Waals surface area (Å²) in [5.74, 6) is 0.400. The summed E-state index contributed by atoms with van der Waals surface area (Å²) in [6.45, 7) is 8.50. The fourth-order valence-electron chi connectivity index (χ4n) is 3.47. The summed E-state index contributed by atoms with van der Waals surface area (Å²) in [7, 11) is 0. The molecule has 1 aromatic carbocycles. The highest BCUT2D eigenvalue weighted by molar-refractivity contribution is 5.75. The quantitative estimate of drug-likeness (QED) is 0.684. The molecule has 0 aromatic heterocycles. The van der Waals surface area contributed by atoms with E-state index in [1.54, 1.807) is 6.07 Å². The number of hydrogen-bond donors (Lipinski definition) is 1. The number of rotatable bonds is 7. The third-order valence-electron chi connectivity index (χ3n) is 4.59. The van der Waals surface area contributed by atoms with Crippen LogP contribution in [-0.4, -0.2) is 5.11 Å². The van der Waals surface area contributed by atoms with Gasteiger partial charge in [-0.15, -0.1) is 0 Å². The molecule has 0 saturated carbocycles. The van der Waals surface area contributed by atoms with Crippen LogP contribution in [0.25, 0.3) is 6.08 Å². The van der Waals surface area contributed by atoms with Crippen molar-refractivity contribution in [3.05, 3.63) is 47.6 Å². The van der Waals surface area contributed by atoms with E-state index in [0.717, 1.165) is 18.4 Å². The van der Waals surface area contributed by atoms with Gasteiger partial charge in [0, 0.05) is 11.0 Å². The van der Waals surface area contributed by atoms with E-state index in [4.69, 9.17) is 0 Å². The molecule has 1 heteroatoms. The fourth-order valence-corrected chi connectivity index (χ4v) is 3.47. The Balaban J connectivity index is 2.50. The van der Waals surface area contributed by atoms with E-state index in [-0.39, 0.29) is 5.41 Å². The molecule has 0 aliphatic heterocycles. The third-order valence-corrected chi connectivity index (χ3v) is 4.59. The number of hydrogen-bond acceptors (Lipinski definition) is 1. The second kappa shape index (κ2) is 6.30. The molecule has 0 amide bonds. The highest BCUT2D eigenvalue weighted by atomic mass is 16.3. The Labute approximate surface area is 123 Å². The highest BCUT2D eigenvalue weighted by Crippen LogP contribution is 2.51. The lowest BCUT2D eigenvalue weighted by Crippen LogP contribution is -2.26. The van der Waals surface area contributed by atoms with Gasteiger partial charge in [-0.05, 0) is 36.1 Å². The topological polar surface area (TPSA) is 20.2 Å². The van der Waals surface area contributed by atoms with E-state index in [2.05, 4.69) is 32.6 Å². The minimum absolute atomic E-state index is 0.0713. The molecule has 2 rings (SSSR count). The number of allylic oxidation sites excluding steroid dienone is 2. The van der Waals surface area contributed by atoms with Gasteiger partial charge in [-0.3, -0.25) is 0 Å². The molecule has 0 heterocycles. The van der Waals surface area contributed by atoms with Gasteiger partial charge in [0.2, 0.25) is 0 Å². The molecule has 0 fully saturated rings. The van der Waals surface area contributed by atoms with Crippen LogP contribution >= 0.6 is 0 Å². The van der Waals surface area contributed by atoms with Gasteiger partial charge in [0.25, 0.3) is 0 Å². The Morgan fingerprint density at radius 2 is 1.80 bits per heavy atom. The number of benzene rings is 1. The summed E-state index contributed by atoms with van der Waals surface area (Å²) >= 11 is 0. The van der Waals surface area contributed by atoms with E-state index in [1.165, 1.54) is 36.8 Å². The molecule has 0 bridgehead atoms. The van der Waals surface area contributed by atoms with Gasteiger partial charge in [-0.2, -0.15) is 0 Å². The molecule has 1 N–H and O–H groups in total. The third kappa shape index (κ3) is 2.42. The van der Waals surface area contributed by atoms with Crippen molar-refractivity contribution in [3.63, 3.8) is 0 Å². The van der Waals surface area contributed by atoms with Gasteiger partial charge in [0.15, 0.2) is 0 Å². The molecule has 0 radical (unpaired) electrons. The highest BCUT2D eigenvalue weighted by Gasteiger charge is 2.39. The van der Waals surface area contributed by atoms with Crippen molar-refractivity contribution >= 4 is 6.08 Å². The van der Waals surface area contributed by atoms with Crippen molar-refractivity contribution in [1.29, 1.82) is 0 Å². The zero-order valence-electron chi connectivity index (χ0n) is 12.8. The lowest BCUT2D eigenvalue weighted by atomic mass is 9.70. The lowest BCUT2D eigenvalue weighted by Gasteiger charge is -2.33. The molecule has 0 unspecified atom stereocenters. The number of phenolic OH excluding ortho intramolecular Hbond substituents is 1. The van der Waals surface area contributed by atoms with Gasteiger partial charge in [0.05, 0.1) is 0 Å². The molecular formula is C19H26O. The maximum Gasteiger partial charge on any atom is 0.123 e. The van der Waals surface area contributed by atoms with Crippen molar-refractivity contribution in [2.75, 3.05) is 0 Å². The first kappa shape index (κ1) is 14.9. The van der Waals surface area contributed by atoms with Crippen LogP contribution < -0.4 is 0 Å². The van der Waals surface area contributed by atoms with Crippen LogP contribution in [-0.2, 0) is 5.41 Å². The minimum Gasteiger partial charge on any atom is -0.507 e. The van der Waals surface area contributed by atoms with Gasteiger partial charge in [-0.1, -0.05) is 64.3 Å². The molecule has 1 aliphatic rings. The molecular weight excluding hydrogens is 244 g/mol. The maximum atomic E-state index is 10.1. The van der Waals surface area contributed by atoms with E-state index < -0.39 is 0 Å². The van der Waals surface area contributed by atoms with Crippen LogP contribution in [0.1, 0.15) is 63.5 Å². The Morgan fingerprint density at radius 1 is 1.15 bits per heavy atom. The van der Waals surface area contributed by atoms with Crippen molar-refractivity contribution in [2.45, 2.75) is 57.8 Å². The predicted molar refractivity (Wildman–Crippen MR) is 87.0 cm³/mol. The molecule has 0 saturated heterocycles. The summed E-state index contributed by atoms with van der Waals surface area (Å²) in [6, 6.07) is 5.94. The second-order valence-corrected chi connectivity index (χ2v) is 5.83. The second-order valence-electron chi connectivity index (χ2n) is 5.83. The first-order valence-corrected chi connectivity index (χ1v) is 7.86. The summed E-state index contributed by atoms with van der Waals surface area (Å²) < 4.78 is 0. The van der Waals surface area contributed by atoms with Crippen molar-refractivity contribution in [2.24, 2.45) is 0 Å². The Bertz CT molecular complexity index is 502. The summed E-state index contributed by atoms with van der Waals surface area (Å²) in [4.78, 5) is 0. The van der Waals surface area contributed by atoms with E-state index in [1.807, 2.05) is 12.1 Å². The lowest BCUT2D eigenvalue weighted by molar-refractivity contribution is 0.409. The first-order valence-electron chi connectivity index (χ1n) is 7.86. The summed E-state index contributed by atoms with van der Waals surface area (Å²) in [5.41, 5.74) is 3.67. The normalized spacial score (nSPS) is 15.8.